The third kappa shape index (κ3) is 2.19. The molecule has 2 atom stereocenters. The molecule has 6 nitrogen and oxygen atoms in total. The van der Waals surface area contributed by atoms with Crippen molar-refractivity contribution in [3.8, 4) is 5.75 Å². The van der Waals surface area contributed by atoms with Gasteiger partial charge in [-0.1, -0.05) is 6.07 Å². The van der Waals surface area contributed by atoms with Crippen LogP contribution in [0.1, 0.15) is 12.0 Å². The minimum absolute atomic E-state index is 0.0442. The van der Waals surface area contributed by atoms with Gasteiger partial charge in [0.2, 0.25) is 0 Å². The number of nitro benzene ring substituents is 1. The molecule has 1 aromatic rings. The van der Waals surface area contributed by atoms with Crippen molar-refractivity contribution in [3.63, 3.8) is 0 Å². The predicted octanol–water partition coefficient (Wildman–Crippen LogP) is 1.64. The molecule has 0 spiro atoms. The Morgan fingerprint density at radius 3 is 2.72 bits per heavy atom. The van der Waals surface area contributed by atoms with Crippen molar-refractivity contribution in [1.29, 1.82) is 0 Å². The van der Waals surface area contributed by atoms with E-state index in [0.29, 0.717) is 0 Å². The van der Waals surface area contributed by atoms with Gasteiger partial charge in [0.15, 0.2) is 17.6 Å². The summed E-state index contributed by atoms with van der Waals surface area (Å²) in [5, 5.41) is 10.9. The smallest absolute Gasteiger partial charge is 0.311 e. The lowest BCUT2D eigenvalue weighted by atomic mass is 9.90. The molecule has 1 aromatic carbocycles. The van der Waals surface area contributed by atoms with Gasteiger partial charge in [0.05, 0.1) is 4.92 Å². The van der Waals surface area contributed by atoms with Crippen LogP contribution in [0.4, 0.5) is 5.69 Å². The molecule has 0 aromatic heterocycles. The van der Waals surface area contributed by atoms with Crippen LogP contribution in [-0.2, 0) is 9.53 Å². The Morgan fingerprint density at radius 1 is 1.44 bits per heavy atom. The molecule has 1 fully saturated rings. The molecule has 96 valence electrons. The topological polar surface area (TPSA) is 78.7 Å². The zero-order valence-electron chi connectivity index (χ0n) is 10.1. The molecule has 1 aliphatic carbocycles. The number of methoxy groups -OCH3 is 1. The lowest BCUT2D eigenvalue weighted by Crippen LogP contribution is -2.51. The third-order valence-corrected chi connectivity index (χ3v) is 2.90. The van der Waals surface area contributed by atoms with Gasteiger partial charge in [0.1, 0.15) is 6.10 Å². The van der Waals surface area contributed by atoms with Crippen LogP contribution < -0.4 is 4.74 Å². The highest BCUT2D eigenvalue weighted by Crippen LogP contribution is 2.32. The molecule has 2 unspecified atom stereocenters. The van der Waals surface area contributed by atoms with Gasteiger partial charge in [-0.05, 0) is 18.6 Å². The molecule has 2 rings (SSSR count). The van der Waals surface area contributed by atoms with Crippen molar-refractivity contribution in [2.75, 3.05) is 7.11 Å². The molecule has 0 bridgehead atoms. The van der Waals surface area contributed by atoms with Crippen LogP contribution in [0.2, 0.25) is 0 Å². The van der Waals surface area contributed by atoms with Gasteiger partial charge in [-0.25, -0.2) is 0 Å². The standard InChI is InChI=1S/C12H13NO5/c1-7-3-4-10(8(5-7)13(15)16)18-11-6-9(14)12(11)17-2/h3-5,11-12H,6H2,1-2H3. The molecule has 1 aliphatic rings. The van der Waals surface area contributed by atoms with E-state index in [0.717, 1.165) is 5.56 Å². The molecular weight excluding hydrogens is 238 g/mol. The zero-order chi connectivity index (χ0) is 13.3. The highest BCUT2D eigenvalue weighted by molar-refractivity contribution is 5.90. The number of hydrogen-bond donors (Lipinski definition) is 0. The van der Waals surface area contributed by atoms with E-state index in [1.807, 2.05) is 0 Å². The molecular formula is C12H13NO5. The molecule has 0 saturated heterocycles. The van der Waals surface area contributed by atoms with Crippen molar-refractivity contribution in [1.82, 2.24) is 0 Å². The lowest BCUT2D eigenvalue weighted by molar-refractivity contribution is -0.386. The van der Waals surface area contributed by atoms with Gasteiger partial charge < -0.3 is 9.47 Å². The number of nitro groups is 1. The highest BCUT2D eigenvalue weighted by atomic mass is 16.6. The van der Waals surface area contributed by atoms with E-state index < -0.39 is 17.1 Å². The second-order valence-corrected chi connectivity index (χ2v) is 4.21. The minimum atomic E-state index is -0.620. The van der Waals surface area contributed by atoms with Crippen LogP contribution in [0.5, 0.6) is 5.75 Å². The molecule has 0 heterocycles. The molecule has 0 radical (unpaired) electrons. The predicted molar refractivity (Wildman–Crippen MR) is 62.7 cm³/mol. The summed E-state index contributed by atoms with van der Waals surface area (Å²) in [5.41, 5.74) is 0.686. The number of ketones is 1. The summed E-state index contributed by atoms with van der Waals surface area (Å²) in [7, 11) is 1.42. The first-order chi connectivity index (χ1) is 8.52. The van der Waals surface area contributed by atoms with Crippen LogP contribution in [0.3, 0.4) is 0 Å². The van der Waals surface area contributed by atoms with E-state index in [4.69, 9.17) is 9.47 Å². The lowest BCUT2D eigenvalue weighted by Gasteiger charge is -2.33. The Bertz CT molecular complexity index is 499. The van der Waals surface area contributed by atoms with Crippen molar-refractivity contribution in [2.45, 2.75) is 25.6 Å². The first-order valence-electron chi connectivity index (χ1n) is 5.50. The fourth-order valence-corrected chi connectivity index (χ4v) is 1.89. The maximum Gasteiger partial charge on any atom is 0.311 e. The Kier molecular flexibility index (Phi) is 3.29. The monoisotopic (exact) mass is 251 g/mol. The van der Waals surface area contributed by atoms with Crippen molar-refractivity contribution < 1.29 is 19.2 Å². The molecule has 0 amide bonds. The summed E-state index contributed by atoms with van der Waals surface area (Å²) >= 11 is 0. The summed E-state index contributed by atoms with van der Waals surface area (Å²) in [6.45, 7) is 1.77. The number of carbonyl (C=O) groups is 1. The van der Waals surface area contributed by atoms with Crippen molar-refractivity contribution >= 4 is 11.5 Å². The average molecular weight is 251 g/mol. The van der Waals surface area contributed by atoms with Gasteiger partial charge in [-0.15, -0.1) is 0 Å². The Hall–Kier alpha value is -1.95. The SMILES string of the molecule is COC1C(=O)CC1Oc1ccc(C)cc1[N+](=O)[O-]. The second kappa shape index (κ2) is 4.73. The summed E-state index contributed by atoms with van der Waals surface area (Å²) in [4.78, 5) is 21.6. The first kappa shape index (κ1) is 12.5. The Labute approximate surface area is 104 Å². The summed E-state index contributed by atoms with van der Waals surface area (Å²) < 4.78 is 10.4. The number of ether oxygens (including phenoxy) is 2. The maximum absolute atomic E-state index is 11.2. The zero-order valence-corrected chi connectivity index (χ0v) is 10.1. The molecule has 6 heteroatoms. The van der Waals surface area contributed by atoms with E-state index in [2.05, 4.69) is 0 Å². The highest BCUT2D eigenvalue weighted by Gasteiger charge is 2.42. The number of carbonyl (C=O) groups excluding carboxylic acids is 1. The van der Waals surface area contributed by atoms with Crippen LogP contribution in [0.15, 0.2) is 18.2 Å². The fourth-order valence-electron chi connectivity index (χ4n) is 1.89. The van der Waals surface area contributed by atoms with Gasteiger partial charge in [-0.3, -0.25) is 14.9 Å². The Balaban J connectivity index is 2.19. The number of aryl methyl sites for hydroxylation is 1. The fraction of sp³-hybridized carbons (Fsp3) is 0.417. The van der Waals surface area contributed by atoms with Crippen molar-refractivity contribution in [2.24, 2.45) is 0 Å². The number of benzene rings is 1. The first-order valence-corrected chi connectivity index (χ1v) is 5.50. The van der Waals surface area contributed by atoms with Crippen LogP contribution in [0.25, 0.3) is 0 Å². The van der Waals surface area contributed by atoms with E-state index >= 15 is 0 Å². The number of Topliss-reactive ketones (excluding diaryl/α,β-unsaturated/α-hetero) is 1. The van der Waals surface area contributed by atoms with E-state index in [9.17, 15) is 14.9 Å². The van der Waals surface area contributed by atoms with Gasteiger partial charge in [0.25, 0.3) is 0 Å². The van der Waals surface area contributed by atoms with E-state index in [1.165, 1.54) is 13.2 Å². The summed E-state index contributed by atoms with van der Waals surface area (Å²) in [5.74, 6) is 0.127. The van der Waals surface area contributed by atoms with Crippen LogP contribution in [0, 0.1) is 17.0 Å². The number of hydrogen-bond acceptors (Lipinski definition) is 5. The average Bonchev–Trinajstić information content (AvgIpc) is 2.30. The maximum atomic E-state index is 11.2. The van der Waals surface area contributed by atoms with E-state index in [-0.39, 0.29) is 23.6 Å². The van der Waals surface area contributed by atoms with E-state index in [1.54, 1.807) is 19.1 Å². The second-order valence-electron chi connectivity index (χ2n) is 4.21. The normalized spacial score (nSPS) is 22.4. The third-order valence-electron chi connectivity index (χ3n) is 2.90. The largest absolute Gasteiger partial charge is 0.480 e. The molecule has 0 N–H and O–H groups in total. The van der Waals surface area contributed by atoms with Gasteiger partial charge >= 0.3 is 5.69 Å². The number of rotatable bonds is 4. The summed E-state index contributed by atoms with van der Waals surface area (Å²) in [6.07, 6.45) is -0.835. The molecule has 0 aliphatic heterocycles. The number of nitrogens with zero attached hydrogens (tertiary/aromatic N) is 1. The molecule has 1 saturated carbocycles. The Morgan fingerprint density at radius 2 is 2.17 bits per heavy atom. The quantitative estimate of drug-likeness (QED) is 0.600. The van der Waals surface area contributed by atoms with Crippen molar-refractivity contribution in [3.05, 3.63) is 33.9 Å². The minimum Gasteiger partial charge on any atom is -0.480 e. The van der Waals surface area contributed by atoms with Gasteiger partial charge in [-0.2, -0.15) is 0 Å². The van der Waals surface area contributed by atoms with Gasteiger partial charge in [0, 0.05) is 19.6 Å². The molecule has 18 heavy (non-hydrogen) atoms. The summed E-state index contributed by atoms with van der Waals surface area (Å²) in [6, 6.07) is 4.71. The van der Waals surface area contributed by atoms with Crippen LogP contribution >= 0.6 is 0 Å². The van der Waals surface area contributed by atoms with Crippen LogP contribution in [-0.4, -0.2) is 30.0 Å².